The molecule has 0 amide bonds. The standard InChI is InChI=1S/C14H22N2O/c1-10-4-5-14(12(3)11(10)2)16-8-13-9-17-7-6-15-13/h4-5,13,15-16H,6-9H2,1-3H3. The van der Waals surface area contributed by atoms with E-state index in [0.29, 0.717) is 6.04 Å². The van der Waals surface area contributed by atoms with Crippen molar-refractivity contribution in [1.29, 1.82) is 0 Å². The molecule has 1 aromatic rings. The minimum atomic E-state index is 0.421. The van der Waals surface area contributed by atoms with E-state index in [2.05, 4.69) is 43.5 Å². The minimum absolute atomic E-state index is 0.421. The molecule has 0 saturated carbocycles. The molecule has 3 heteroatoms. The largest absolute Gasteiger partial charge is 0.383 e. The molecule has 0 aliphatic carbocycles. The number of nitrogens with one attached hydrogen (secondary N) is 2. The summed E-state index contributed by atoms with van der Waals surface area (Å²) in [4.78, 5) is 0. The Balaban J connectivity index is 1.96. The van der Waals surface area contributed by atoms with Gasteiger partial charge in [-0.2, -0.15) is 0 Å². The lowest BCUT2D eigenvalue weighted by Gasteiger charge is -2.25. The monoisotopic (exact) mass is 234 g/mol. The van der Waals surface area contributed by atoms with Crippen molar-refractivity contribution in [3.8, 4) is 0 Å². The van der Waals surface area contributed by atoms with Crippen molar-refractivity contribution >= 4 is 5.69 Å². The number of morpholine rings is 1. The summed E-state index contributed by atoms with van der Waals surface area (Å²) in [6, 6.07) is 4.77. The van der Waals surface area contributed by atoms with Crippen LogP contribution in [0.15, 0.2) is 12.1 Å². The highest BCUT2D eigenvalue weighted by molar-refractivity contribution is 5.56. The van der Waals surface area contributed by atoms with Crippen LogP contribution in [0.25, 0.3) is 0 Å². The summed E-state index contributed by atoms with van der Waals surface area (Å²) in [5.41, 5.74) is 5.32. The number of aryl methyl sites for hydroxylation is 1. The third-order valence-corrected chi connectivity index (χ3v) is 3.60. The third kappa shape index (κ3) is 2.99. The Morgan fingerprint density at radius 1 is 1.29 bits per heavy atom. The summed E-state index contributed by atoms with van der Waals surface area (Å²) in [6.07, 6.45) is 0. The zero-order valence-electron chi connectivity index (χ0n) is 11.0. The van der Waals surface area contributed by atoms with Gasteiger partial charge >= 0.3 is 0 Å². The molecule has 1 saturated heterocycles. The van der Waals surface area contributed by atoms with Crippen molar-refractivity contribution in [2.75, 3.05) is 31.6 Å². The van der Waals surface area contributed by atoms with Gasteiger partial charge in [-0.25, -0.2) is 0 Å². The van der Waals surface area contributed by atoms with Gasteiger partial charge in [-0.05, 0) is 43.5 Å². The van der Waals surface area contributed by atoms with E-state index in [1.807, 2.05) is 0 Å². The van der Waals surface area contributed by atoms with E-state index < -0.39 is 0 Å². The molecule has 2 N–H and O–H groups in total. The molecular weight excluding hydrogens is 212 g/mol. The van der Waals surface area contributed by atoms with E-state index in [9.17, 15) is 0 Å². The highest BCUT2D eigenvalue weighted by Crippen LogP contribution is 2.21. The van der Waals surface area contributed by atoms with Gasteiger partial charge in [0.2, 0.25) is 0 Å². The third-order valence-electron chi connectivity index (χ3n) is 3.60. The zero-order valence-corrected chi connectivity index (χ0v) is 11.0. The molecule has 2 rings (SSSR count). The second kappa shape index (κ2) is 5.52. The van der Waals surface area contributed by atoms with Gasteiger partial charge in [0.1, 0.15) is 0 Å². The topological polar surface area (TPSA) is 33.3 Å². The number of anilines is 1. The van der Waals surface area contributed by atoms with Gasteiger partial charge in [-0.15, -0.1) is 0 Å². The van der Waals surface area contributed by atoms with Crippen molar-refractivity contribution < 1.29 is 4.74 Å². The lowest BCUT2D eigenvalue weighted by atomic mass is 10.0. The maximum Gasteiger partial charge on any atom is 0.0637 e. The van der Waals surface area contributed by atoms with Crippen LogP contribution in [0.2, 0.25) is 0 Å². The fourth-order valence-electron chi connectivity index (χ4n) is 2.13. The van der Waals surface area contributed by atoms with E-state index in [4.69, 9.17) is 4.74 Å². The molecule has 0 aromatic heterocycles. The van der Waals surface area contributed by atoms with Gasteiger partial charge in [0.05, 0.1) is 13.2 Å². The molecule has 1 atom stereocenters. The van der Waals surface area contributed by atoms with Crippen LogP contribution in [0.4, 0.5) is 5.69 Å². The summed E-state index contributed by atoms with van der Waals surface area (Å²) in [6.45, 7) is 10.0. The van der Waals surface area contributed by atoms with Crippen LogP contribution in [0.1, 0.15) is 16.7 Å². The van der Waals surface area contributed by atoms with Crippen LogP contribution < -0.4 is 10.6 Å². The Morgan fingerprint density at radius 2 is 2.12 bits per heavy atom. The van der Waals surface area contributed by atoms with Crippen LogP contribution in [0, 0.1) is 20.8 Å². The van der Waals surface area contributed by atoms with Crippen LogP contribution >= 0.6 is 0 Å². The molecular formula is C14H22N2O. The predicted molar refractivity (Wildman–Crippen MR) is 71.8 cm³/mol. The maximum absolute atomic E-state index is 5.44. The summed E-state index contributed by atoms with van der Waals surface area (Å²) < 4.78 is 5.44. The highest BCUT2D eigenvalue weighted by atomic mass is 16.5. The number of hydrogen-bond acceptors (Lipinski definition) is 3. The molecule has 1 heterocycles. The molecule has 1 aromatic carbocycles. The van der Waals surface area contributed by atoms with Crippen LogP contribution in [-0.4, -0.2) is 32.3 Å². The number of rotatable bonds is 3. The summed E-state index contributed by atoms with van der Waals surface area (Å²) in [5.74, 6) is 0. The first-order valence-electron chi connectivity index (χ1n) is 6.30. The Hall–Kier alpha value is -1.06. The predicted octanol–water partition coefficient (Wildman–Crippen LogP) is 2.01. The van der Waals surface area contributed by atoms with Gasteiger partial charge in [0.25, 0.3) is 0 Å². The van der Waals surface area contributed by atoms with Gasteiger partial charge in [0, 0.05) is 24.8 Å². The van der Waals surface area contributed by atoms with Crippen LogP contribution in [0.3, 0.4) is 0 Å². The van der Waals surface area contributed by atoms with Crippen molar-refractivity contribution in [2.45, 2.75) is 26.8 Å². The van der Waals surface area contributed by atoms with Crippen molar-refractivity contribution in [3.63, 3.8) is 0 Å². The lowest BCUT2D eigenvalue weighted by molar-refractivity contribution is 0.0806. The molecule has 1 aliphatic rings. The van der Waals surface area contributed by atoms with E-state index in [-0.39, 0.29) is 0 Å². The molecule has 1 aliphatic heterocycles. The van der Waals surface area contributed by atoms with E-state index in [1.54, 1.807) is 0 Å². The zero-order chi connectivity index (χ0) is 12.3. The van der Waals surface area contributed by atoms with Gasteiger partial charge < -0.3 is 15.4 Å². The Morgan fingerprint density at radius 3 is 2.82 bits per heavy atom. The van der Waals surface area contributed by atoms with E-state index in [0.717, 1.165) is 26.3 Å². The normalized spacial score (nSPS) is 20.3. The SMILES string of the molecule is Cc1ccc(NCC2COCCN2)c(C)c1C. The fourth-order valence-corrected chi connectivity index (χ4v) is 2.13. The molecule has 94 valence electrons. The number of benzene rings is 1. The van der Waals surface area contributed by atoms with Gasteiger partial charge in [0.15, 0.2) is 0 Å². The Bertz CT molecular complexity index is 384. The Labute approximate surface area is 104 Å². The highest BCUT2D eigenvalue weighted by Gasteiger charge is 2.13. The average molecular weight is 234 g/mol. The Kier molecular flexibility index (Phi) is 4.02. The summed E-state index contributed by atoms with van der Waals surface area (Å²) >= 11 is 0. The maximum atomic E-state index is 5.44. The molecule has 3 nitrogen and oxygen atoms in total. The van der Waals surface area contributed by atoms with E-state index >= 15 is 0 Å². The van der Waals surface area contributed by atoms with Crippen molar-refractivity contribution in [2.24, 2.45) is 0 Å². The molecule has 0 bridgehead atoms. The molecule has 0 radical (unpaired) electrons. The van der Waals surface area contributed by atoms with Crippen molar-refractivity contribution in [1.82, 2.24) is 5.32 Å². The second-order valence-corrected chi connectivity index (χ2v) is 4.79. The minimum Gasteiger partial charge on any atom is -0.383 e. The number of ether oxygens (including phenoxy) is 1. The van der Waals surface area contributed by atoms with Crippen LogP contribution in [0.5, 0.6) is 0 Å². The first-order valence-corrected chi connectivity index (χ1v) is 6.30. The van der Waals surface area contributed by atoms with E-state index in [1.165, 1.54) is 22.4 Å². The van der Waals surface area contributed by atoms with Gasteiger partial charge in [-0.3, -0.25) is 0 Å². The van der Waals surface area contributed by atoms with Crippen molar-refractivity contribution in [3.05, 3.63) is 28.8 Å². The average Bonchev–Trinajstić information content (AvgIpc) is 2.36. The van der Waals surface area contributed by atoms with Crippen LogP contribution in [-0.2, 0) is 4.74 Å². The first-order chi connectivity index (χ1) is 8.18. The lowest BCUT2D eigenvalue weighted by Crippen LogP contribution is -2.45. The smallest absolute Gasteiger partial charge is 0.0637 e. The fraction of sp³-hybridized carbons (Fsp3) is 0.571. The molecule has 1 unspecified atom stereocenters. The molecule has 0 spiro atoms. The second-order valence-electron chi connectivity index (χ2n) is 4.79. The number of hydrogen-bond donors (Lipinski definition) is 2. The first kappa shape index (κ1) is 12.4. The summed E-state index contributed by atoms with van der Waals surface area (Å²) in [7, 11) is 0. The van der Waals surface area contributed by atoms with Gasteiger partial charge in [-0.1, -0.05) is 6.07 Å². The molecule has 17 heavy (non-hydrogen) atoms. The quantitative estimate of drug-likeness (QED) is 0.839. The molecule has 1 fully saturated rings. The summed E-state index contributed by atoms with van der Waals surface area (Å²) in [5, 5.41) is 6.96.